The molecule has 2 atom stereocenters. The Kier molecular flexibility index (Phi) is 6.27. The molecular formula is C18H25FN2O2S. The van der Waals surface area contributed by atoms with Crippen molar-refractivity contribution in [2.45, 2.75) is 39.1 Å². The van der Waals surface area contributed by atoms with Gasteiger partial charge in [-0.1, -0.05) is 13.8 Å². The van der Waals surface area contributed by atoms with Crippen LogP contribution in [0.15, 0.2) is 24.3 Å². The Hall–Kier alpha value is -1.56. The number of thioether (sulfide) groups is 1. The maximum Gasteiger partial charge on any atom is 0.255 e. The van der Waals surface area contributed by atoms with E-state index in [1.165, 1.54) is 24.3 Å². The third-order valence-electron chi connectivity index (χ3n) is 4.29. The van der Waals surface area contributed by atoms with E-state index in [1.54, 1.807) is 21.6 Å². The molecule has 1 aliphatic rings. The molecule has 0 spiro atoms. The van der Waals surface area contributed by atoms with E-state index in [1.807, 2.05) is 27.7 Å². The van der Waals surface area contributed by atoms with Gasteiger partial charge in [0, 0.05) is 24.4 Å². The summed E-state index contributed by atoms with van der Waals surface area (Å²) in [5.41, 5.74) is 0.418. The molecule has 1 saturated heterocycles. The van der Waals surface area contributed by atoms with Crippen LogP contribution in [0.2, 0.25) is 0 Å². The highest BCUT2D eigenvalue weighted by Gasteiger charge is 2.44. The number of hydrogen-bond donors (Lipinski definition) is 0. The number of benzene rings is 1. The molecule has 6 heteroatoms. The van der Waals surface area contributed by atoms with Crippen molar-refractivity contribution in [3.8, 4) is 0 Å². The first-order valence-electron chi connectivity index (χ1n) is 8.39. The molecule has 1 aromatic carbocycles. The maximum absolute atomic E-state index is 13.1. The predicted octanol–water partition coefficient (Wildman–Crippen LogP) is 3.23. The van der Waals surface area contributed by atoms with Crippen LogP contribution in [0.1, 0.15) is 38.1 Å². The van der Waals surface area contributed by atoms with Gasteiger partial charge in [0.1, 0.15) is 11.9 Å². The van der Waals surface area contributed by atoms with Gasteiger partial charge in [-0.25, -0.2) is 4.39 Å². The number of rotatable bonds is 5. The summed E-state index contributed by atoms with van der Waals surface area (Å²) in [6.45, 7) is 9.23. The van der Waals surface area contributed by atoms with Crippen molar-refractivity contribution >= 4 is 23.6 Å². The molecule has 1 aromatic rings. The molecule has 0 N–H and O–H groups in total. The van der Waals surface area contributed by atoms with Gasteiger partial charge in [0.2, 0.25) is 5.91 Å². The third-order valence-corrected chi connectivity index (χ3v) is 5.91. The Bertz CT molecular complexity index is 587. The maximum atomic E-state index is 13.1. The highest BCUT2D eigenvalue weighted by atomic mass is 32.2. The fraction of sp³-hybridized carbons (Fsp3) is 0.556. The second-order valence-corrected chi connectivity index (χ2v) is 7.36. The summed E-state index contributed by atoms with van der Waals surface area (Å²) in [5.74, 6) is 0.244. The van der Waals surface area contributed by atoms with Crippen molar-refractivity contribution in [1.82, 2.24) is 9.80 Å². The normalized spacial score (nSPS) is 20.5. The lowest BCUT2D eigenvalue weighted by atomic mass is 10.1. The van der Waals surface area contributed by atoms with Gasteiger partial charge in [-0.15, -0.1) is 11.8 Å². The molecule has 1 aliphatic heterocycles. The fourth-order valence-corrected chi connectivity index (χ4v) is 4.45. The van der Waals surface area contributed by atoms with E-state index in [9.17, 15) is 14.0 Å². The first-order chi connectivity index (χ1) is 11.4. The van der Waals surface area contributed by atoms with Crippen LogP contribution in [-0.4, -0.2) is 51.9 Å². The van der Waals surface area contributed by atoms with Crippen LogP contribution in [0.5, 0.6) is 0 Å². The number of carbonyl (C=O) groups is 2. The lowest BCUT2D eigenvalue weighted by Crippen LogP contribution is -2.52. The number of halogens is 1. The van der Waals surface area contributed by atoms with E-state index >= 15 is 0 Å². The summed E-state index contributed by atoms with van der Waals surface area (Å²) in [7, 11) is 0. The van der Waals surface area contributed by atoms with Crippen LogP contribution >= 0.6 is 11.8 Å². The molecule has 2 amide bonds. The molecule has 4 nitrogen and oxygen atoms in total. The standard InChI is InChI=1S/C18H25FN2O2S/c1-5-20(6-2)17(23)15-11-24-18(12(3)4)21(15)16(22)13-7-9-14(19)10-8-13/h7-10,12,15,18H,5-6,11H2,1-4H3/t15-,18-/m0/s1. The fourth-order valence-electron chi connectivity index (χ4n) is 2.98. The Morgan fingerprint density at radius 3 is 2.33 bits per heavy atom. The minimum absolute atomic E-state index is 0.00823. The molecular weight excluding hydrogens is 327 g/mol. The Morgan fingerprint density at radius 2 is 1.83 bits per heavy atom. The molecule has 0 radical (unpaired) electrons. The average molecular weight is 352 g/mol. The summed E-state index contributed by atoms with van der Waals surface area (Å²) >= 11 is 1.64. The van der Waals surface area contributed by atoms with E-state index in [4.69, 9.17) is 0 Å². The molecule has 2 rings (SSSR count). The highest BCUT2D eigenvalue weighted by molar-refractivity contribution is 8.00. The largest absolute Gasteiger partial charge is 0.341 e. The van der Waals surface area contributed by atoms with Crippen molar-refractivity contribution in [2.75, 3.05) is 18.8 Å². The summed E-state index contributed by atoms with van der Waals surface area (Å²) in [6.07, 6.45) is 0. The van der Waals surface area contributed by atoms with Crippen LogP contribution in [0.3, 0.4) is 0 Å². The number of carbonyl (C=O) groups excluding carboxylic acids is 2. The van der Waals surface area contributed by atoms with Crippen LogP contribution < -0.4 is 0 Å². The van der Waals surface area contributed by atoms with Crippen molar-refractivity contribution in [3.05, 3.63) is 35.6 Å². The Labute approximate surface area is 147 Å². The summed E-state index contributed by atoms with van der Waals surface area (Å²) < 4.78 is 13.1. The number of hydrogen-bond acceptors (Lipinski definition) is 3. The smallest absolute Gasteiger partial charge is 0.255 e. The SMILES string of the molecule is CCN(CC)C(=O)[C@@H]1CS[C@@H](C(C)C)N1C(=O)c1ccc(F)cc1. The lowest BCUT2D eigenvalue weighted by Gasteiger charge is -2.33. The Balaban J connectivity index is 2.32. The molecule has 132 valence electrons. The van der Waals surface area contributed by atoms with Crippen molar-refractivity contribution < 1.29 is 14.0 Å². The predicted molar refractivity (Wildman–Crippen MR) is 95.4 cm³/mol. The molecule has 1 heterocycles. The van der Waals surface area contributed by atoms with Gasteiger partial charge < -0.3 is 9.80 Å². The van der Waals surface area contributed by atoms with E-state index in [0.717, 1.165) is 0 Å². The number of nitrogens with zero attached hydrogens (tertiary/aromatic N) is 2. The van der Waals surface area contributed by atoms with E-state index < -0.39 is 6.04 Å². The van der Waals surface area contributed by atoms with Gasteiger partial charge in [-0.3, -0.25) is 9.59 Å². The van der Waals surface area contributed by atoms with E-state index in [-0.39, 0.29) is 28.9 Å². The van der Waals surface area contributed by atoms with E-state index in [0.29, 0.717) is 24.4 Å². The van der Waals surface area contributed by atoms with E-state index in [2.05, 4.69) is 0 Å². The van der Waals surface area contributed by atoms with Gasteiger partial charge >= 0.3 is 0 Å². The van der Waals surface area contributed by atoms with Crippen molar-refractivity contribution in [2.24, 2.45) is 5.92 Å². The minimum atomic E-state index is -0.458. The van der Waals surface area contributed by atoms with Gasteiger partial charge in [0.05, 0.1) is 5.37 Å². The molecule has 0 saturated carbocycles. The summed E-state index contributed by atoms with van der Waals surface area (Å²) in [5, 5.41) is -0.0490. The first kappa shape index (κ1) is 18.8. The van der Waals surface area contributed by atoms with Gasteiger partial charge in [0.25, 0.3) is 5.91 Å². The van der Waals surface area contributed by atoms with Crippen molar-refractivity contribution in [1.29, 1.82) is 0 Å². The molecule has 24 heavy (non-hydrogen) atoms. The zero-order valence-corrected chi connectivity index (χ0v) is 15.5. The second kappa shape index (κ2) is 8.01. The minimum Gasteiger partial charge on any atom is -0.341 e. The summed E-state index contributed by atoms with van der Waals surface area (Å²) in [6, 6.07) is 5.07. The second-order valence-electron chi connectivity index (χ2n) is 6.21. The van der Waals surface area contributed by atoms with Crippen LogP contribution in [0.25, 0.3) is 0 Å². The monoisotopic (exact) mass is 352 g/mol. The highest BCUT2D eigenvalue weighted by Crippen LogP contribution is 2.35. The molecule has 0 aromatic heterocycles. The molecule has 1 fully saturated rings. The zero-order chi connectivity index (χ0) is 17.9. The zero-order valence-electron chi connectivity index (χ0n) is 14.7. The number of likely N-dealkylation sites (N-methyl/N-ethyl adjacent to an activating group) is 1. The molecule has 0 aliphatic carbocycles. The Morgan fingerprint density at radius 1 is 1.25 bits per heavy atom. The molecule has 0 unspecified atom stereocenters. The average Bonchev–Trinajstić information content (AvgIpc) is 3.01. The summed E-state index contributed by atoms with van der Waals surface area (Å²) in [4.78, 5) is 29.3. The van der Waals surface area contributed by atoms with Gasteiger partial charge in [-0.05, 0) is 44.0 Å². The third kappa shape index (κ3) is 3.74. The lowest BCUT2D eigenvalue weighted by molar-refractivity contribution is -0.135. The van der Waals surface area contributed by atoms with Gasteiger partial charge in [0.15, 0.2) is 0 Å². The van der Waals surface area contributed by atoms with Crippen LogP contribution in [0.4, 0.5) is 4.39 Å². The van der Waals surface area contributed by atoms with Crippen LogP contribution in [-0.2, 0) is 4.79 Å². The van der Waals surface area contributed by atoms with Gasteiger partial charge in [-0.2, -0.15) is 0 Å². The van der Waals surface area contributed by atoms with Crippen LogP contribution in [0, 0.1) is 11.7 Å². The van der Waals surface area contributed by atoms with Crippen molar-refractivity contribution in [3.63, 3.8) is 0 Å². The number of amides is 2. The topological polar surface area (TPSA) is 40.6 Å². The first-order valence-corrected chi connectivity index (χ1v) is 9.44. The quantitative estimate of drug-likeness (QED) is 0.817. The molecule has 0 bridgehead atoms.